The molecule has 6 heteroatoms. The van der Waals surface area contributed by atoms with Crippen molar-refractivity contribution < 1.29 is 14.3 Å². The summed E-state index contributed by atoms with van der Waals surface area (Å²) in [5.41, 5.74) is -0.0305. The van der Waals surface area contributed by atoms with E-state index in [1.54, 1.807) is 0 Å². The smallest absolute Gasteiger partial charge is 0.258 e. The minimum Gasteiger partial charge on any atom is -0.467 e. The zero-order chi connectivity index (χ0) is 19.6. The predicted molar refractivity (Wildman–Crippen MR) is 107 cm³/mol. The largest absolute Gasteiger partial charge is 0.467 e. The van der Waals surface area contributed by atoms with Crippen LogP contribution in [0.15, 0.2) is 24.3 Å². The number of hydrogen-bond acceptors (Lipinski definition) is 4. The normalized spacial score (nSPS) is 42.1. The lowest BCUT2D eigenvalue weighted by atomic mass is 9.59. The second-order valence-electron chi connectivity index (χ2n) is 9.78. The molecule has 4 aliphatic heterocycles. The molecule has 0 aromatic heterocycles. The molecule has 1 spiro atoms. The highest BCUT2D eigenvalue weighted by molar-refractivity contribution is 5.98. The summed E-state index contributed by atoms with van der Waals surface area (Å²) in [6.07, 6.45) is 6.02. The third-order valence-corrected chi connectivity index (χ3v) is 8.29. The lowest BCUT2D eigenvalue weighted by Crippen LogP contribution is -2.67. The molecule has 154 valence electrons. The first kappa shape index (κ1) is 17.8. The maximum Gasteiger partial charge on any atom is 0.258 e. The molecular formula is C23H29N3O3. The van der Waals surface area contributed by atoms with E-state index in [4.69, 9.17) is 4.74 Å². The van der Waals surface area contributed by atoms with E-state index in [-0.39, 0.29) is 29.6 Å². The molecule has 3 saturated carbocycles. The van der Waals surface area contributed by atoms with Crippen LogP contribution in [0.1, 0.15) is 48.9 Å². The van der Waals surface area contributed by atoms with Crippen LogP contribution in [-0.4, -0.2) is 48.1 Å². The van der Waals surface area contributed by atoms with E-state index in [0.717, 1.165) is 32.2 Å². The van der Waals surface area contributed by atoms with Crippen LogP contribution in [0, 0.1) is 23.7 Å². The SMILES string of the molecule is O=C1N[C@]2(C[C@H]3CC[C@H]2C[C@@H]3C(=O)N[C@@H]2CN3CCC2CC3)Oc2ccccc21. The highest BCUT2D eigenvalue weighted by atomic mass is 16.5. The Labute approximate surface area is 171 Å². The molecule has 6 fully saturated rings. The molecule has 4 heterocycles. The molecule has 2 N–H and O–H groups in total. The number of fused-ring (bicyclic) bond motifs is 6. The van der Waals surface area contributed by atoms with E-state index in [1.165, 1.54) is 25.9 Å². The van der Waals surface area contributed by atoms with Crippen LogP contribution >= 0.6 is 0 Å². The standard InChI is InChI=1S/C23H29N3O3/c27-21(24-19-13-26-9-7-14(19)8-10-26)18-11-16-6-5-15(18)12-23(16)25-22(28)17-3-1-2-4-20(17)29-23/h1-4,14-16,18-19H,5-13H2,(H,24,27)(H,25,28)/t15-,16+,18+,19-,23-/m1/s1. The van der Waals surface area contributed by atoms with Gasteiger partial charge in [0.25, 0.3) is 5.91 Å². The number of nitrogens with one attached hydrogen (secondary N) is 2. The Morgan fingerprint density at radius 3 is 2.69 bits per heavy atom. The second-order valence-corrected chi connectivity index (χ2v) is 9.78. The average molecular weight is 396 g/mol. The molecule has 1 aromatic rings. The molecule has 1 aromatic carbocycles. The molecule has 29 heavy (non-hydrogen) atoms. The first-order valence-electron chi connectivity index (χ1n) is 11.2. The molecule has 0 radical (unpaired) electrons. The first-order valence-corrected chi connectivity index (χ1v) is 11.2. The third-order valence-electron chi connectivity index (χ3n) is 8.29. The van der Waals surface area contributed by atoms with Crippen molar-refractivity contribution in [2.24, 2.45) is 23.7 Å². The summed E-state index contributed by atoms with van der Waals surface area (Å²) in [4.78, 5) is 28.4. The molecule has 6 nitrogen and oxygen atoms in total. The quantitative estimate of drug-likeness (QED) is 0.805. The Hall–Kier alpha value is -2.08. The van der Waals surface area contributed by atoms with Gasteiger partial charge in [0.2, 0.25) is 5.91 Å². The number of benzene rings is 1. The highest BCUT2D eigenvalue weighted by Gasteiger charge is 2.57. The van der Waals surface area contributed by atoms with Crippen molar-refractivity contribution in [2.75, 3.05) is 19.6 Å². The number of carbonyl (C=O) groups is 2. The van der Waals surface area contributed by atoms with Crippen LogP contribution in [0.5, 0.6) is 5.75 Å². The van der Waals surface area contributed by atoms with Gasteiger partial charge in [-0.1, -0.05) is 12.1 Å². The van der Waals surface area contributed by atoms with Crippen LogP contribution < -0.4 is 15.4 Å². The van der Waals surface area contributed by atoms with Crippen LogP contribution in [-0.2, 0) is 4.79 Å². The summed E-state index contributed by atoms with van der Waals surface area (Å²) >= 11 is 0. The van der Waals surface area contributed by atoms with Gasteiger partial charge in [0.1, 0.15) is 5.75 Å². The molecule has 8 rings (SSSR count). The van der Waals surface area contributed by atoms with E-state index < -0.39 is 5.72 Å². The Balaban J connectivity index is 1.18. The summed E-state index contributed by atoms with van der Waals surface area (Å²) in [7, 11) is 0. The van der Waals surface area contributed by atoms with Gasteiger partial charge in [0, 0.05) is 30.8 Å². The minimum atomic E-state index is -0.638. The third kappa shape index (κ3) is 2.79. The zero-order valence-electron chi connectivity index (χ0n) is 16.7. The van der Waals surface area contributed by atoms with Crippen molar-refractivity contribution >= 4 is 11.8 Å². The predicted octanol–water partition coefficient (Wildman–Crippen LogP) is 2.15. The van der Waals surface area contributed by atoms with Gasteiger partial charge in [0.05, 0.1) is 5.56 Å². The molecular weight excluding hydrogens is 366 g/mol. The van der Waals surface area contributed by atoms with Crippen molar-refractivity contribution in [3.8, 4) is 5.75 Å². The molecule has 3 aliphatic carbocycles. The van der Waals surface area contributed by atoms with E-state index in [0.29, 0.717) is 23.3 Å². The zero-order valence-corrected chi connectivity index (χ0v) is 16.7. The fourth-order valence-corrected chi connectivity index (χ4v) is 6.70. The van der Waals surface area contributed by atoms with Crippen molar-refractivity contribution in [1.82, 2.24) is 15.5 Å². The second kappa shape index (κ2) is 6.46. The molecule has 7 aliphatic rings. The lowest BCUT2D eigenvalue weighted by Gasteiger charge is -2.55. The van der Waals surface area contributed by atoms with E-state index in [2.05, 4.69) is 15.5 Å². The Bertz CT molecular complexity index is 850. The van der Waals surface area contributed by atoms with Gasteiger partial charge in [-0.15, -0.1) is 0 Å². The van der Waals surface area contributed by atoms with Crippen molar-refractivity contribution in [1.29, 1.82) is 0 Å². The number of nitrogens with zero attached hydrogens (tertiary/aromatic N) is 1. The van der Waals surface area contributed by atoms with Crippen LogP contribution in [0.3, 0.4) is 0 Å². The maximum absolute atomic E-state index is 13.2. The average Bonchev–Trinajstić information content (AvgIpc) is 2.75. The molecule has 0 unspecified atom stereocenters. The Morgan fingerprint density at radius 1 is 1.14 bits per heavy atom. The number of amides is 2. The van der Waals surface area contributed by atoms with Gasteiger partial charge in [0.15, 0.2) is 5.72 Å². The number of carbonyl (C=O) groups excluding carboxylic acids is 2. The van der Waals surface area contributed by atoms with Crippen LogP contribution in [0.4, 0.5) is 0 Å². The van der Waals surface area contributed by atoms with E-state index in [1.807, 2.05) is 24.3 Å². The van der Waals surface area contributed by atoms with E-state index in [9.17, 15) is 9.59 Å². The van der Waals surface area contributed by atoms with E-state index >= 15 is 0 Å². The van der Waals surface area contributed by atoms with Gasteiger partial charge in [-0.05, 0) is 69.2 Å². The Morgan fingerprint density at radius 2 is 1.97 bits per heavy atom. The van der Waals surface area contributed by atoms with Gasteiger partial charge < -0.3 is 20.3 Å². The molecule has 3 saturated heterocycles. The summed E-state index contributed by atoms with van der Waals surface area (Å²) in [5, 5.41) is 6.59. The first-order chi connectivity index (χ1) is 14.1. The molecule has 5 atom stereocenters. The van der Waals surface area contributed by atoms with Crippen LogP contribution in [0.2, 0.25) is 0 Å². The fraction of sp³-hybridized carbons (Fsp3) is 0.652. The number of para-hydroxylation sites is 1. The number of rotatable bonds is 2. The lowest BCUT2D eigenvalue weighted by molar-refractivity contribution is -0.148. The van der Waals surface area contributed by atoms with Gasteiger partial charge in [-0.2, -0.15) is 0 Å². The topological polar surface area (TPSA) is 70.7 Å². The molecule has 2 amide bonds. The summed E-state index contributed by atoms with van der Waals surface area (Å²) < 4.78 is 6.41. The number of piperidine rings is 3. The van der Waals surface area contributed by atoms with Crippen molar-refractivity contribution in [3.63, 3.8) is 0 Å². The van der Waals surface area contributed by atoms with Gasteiger partial charge in [-0.3, -0.25) is 9.59 Å². The van der Waals surface area contributed by atoms with Crippen LogP contribution in [0.25, 0.3) is 0 Å². The summed E-state index contributed by atoms with van der Waals surface area (Å²) in [5.74, 6) is 2.01. The van der Waals surface area contributed by atoms with Gasteiger partial charge >= 0.3 is 0 Å². The summed E-state index contributed by atoms with van der Waals surface area (Å²) in [6.45, 7) is 3.38. The number of ether oxygens (including phenoxy) is 1. The molecule has 4 bridgehead atoms. The highest BCUT2D eigenvalue weighted by Crippen LogP contribution is 2.52. The summed E-state index contributed by atoms with van der Waals surface area (Å²) in [6, 6.07) is 7.79. The van der Waals surface area contributed by atoms with Gasteiger partial charge in [-0.25, -0.2) is 0 Å². The minimum absolute atomic E-state index is 0.0484. The monoisotopic (exact) mass is 395 g/mol. The Kier molecular flexibility index (Phi) is 3.95. The van der Waals surface area contributed by atoms with Crippen molar-refractivity contribution in [3.05, 3.63) is 29.8 Å². The fourth-order valence-electron chi connectivity index (χ4n) is 6.70. The van der Waals surface area contributed by atoms with Crippen molar-refractivity contribution in [2.45, 2.75) is 50.3 Å². The maximum atomic E-state index is 13.2. The number of hydrogen-bond donors (Lipinski definition) is 2.